The highest BCUT2D eigenvalue weighted by atomic mass is 35.5. The van der Waals surface area contributed by atoms with E-state index in [1.54, 1.807) is 12.1 Å². The molecule has 2 rings (SSSR count). The van der Waals surface area contributed by atoms with E-state index in [1.165, 1.54) is 18.2 Å². The Morgan fingerprint density at radius 2 is 1.67 bits per heavy atom. The summed E-state index contributed by atoms with van der Waals surface area (Å²) < 4.78 is 0. The van der Waals surface area contributed by atoms with Crippen molar-refractivity contribution in [3.05, 3.63) is 69.7 Å². The van der Waals surface area contributed by atoms with Crippen LogP contribution in [0.3, 0.4) is 0 Å². The maximum Gasteiger partial charge on any atom is 0.303 e. The molecule has 2 N–H and O–H groups in total. The van der Waals surface area contributed by atoms with E-state index in [2.05, 4.69) is 10.5 Å². The molecule has 0 atom stereocenters. The Hall–Kier alpha value is -2.37. The standard InChI is InChI=1S/C17H14Cl2N2O3/c18-13-7-6-12(10-14(13)19)17(24)21-20-15(8-9-16(22)23)11-4-2-1-3-5-11/h1-7,10H,8-9H2,(H,21,24)(H,22,23). The number of rotatable bonds is 6. The first kappa shape index (κ1) is 18.0. The Morgan fingerprint density at radius 1 is 0.958 bits per heavy atom. The molecule has 0 aliphatic rings. The third-order valence-electron chi connectivity index (χ3n) is 3.16. The highest BCUT2D eigenvalue weighted by Crippen LogP contribution is 2.22. The van der Waals surface area contributed by atoms with Crippen molar-refractivity contribution in [1.29, 1.82) is 0 Å². The Morgan fingerprint density at radius 3 is 2.29 bits per heavy atom. The van der Waals surface area contributed by atoms with E-state index in [9.17, 15) is 9.59 Å². The van der Waals surface area contributed by atoms with Crippen LogP contribution in [0.15, 0.2) is 53.6 Å². The van der Waals surface area contributed by atoms with E-state index in [4.69, 9.17) is 28.3 Å². The van der Waals surface area contributed by atoms with Crippen LogP contribution in [0, 0.1) is 0 Å². The minimum absolute atomic E-state index is 0.0869. The van der Waals surface area contributed by atoms with Crippen molar-refractivity contribution >= 4 is 40.8 Å². The van der Waals surface area contributed by atoms with Crippen molar-refractivity contribution in [3.63, 3.8) is 0 Å². The van der Waals surface area contributed by atoms with Gasteiger partial charge in [-0.25, -0.2) is 5.43 Å². The molecular formula is C17H14Cl2N2O3. The average Bonchev–Trinajstić information content (AvgIpc) is 2.57. The lowest BCUT2D eigenvalue weighted by Gasteiger charge is -2.07. The normalized spacial score (nSPS) is 11.2. The molecular weight excluding hydrogens is 351 g/mol. The summed E-state index contributed by atoms with van der Waals surface area (Å²) in [4.78, 5) is 22.9. The maximum atomic E-state index is 12.1. The van der Waals surface area contributed by atoms with Gasteiger partial charge in [0.05, 0.1) is 22.2 Å². The zero-order valence-electron chi connectivity index (χ0n) is 12.5. The van der Waals surface area contributed by atoms with Gasteiger partial charge in [-0.15, -0.1) is 0 Å². The van der Waals surface area contributed by atoms with Gasteiger partial charge in [0.1, 0.15) is 0 Å². The summed E-state index contributed by atoms with van der Waals surface area (Å²) in [5.41, 5.74) is 3.95. The molecule has 2 aromatic rings. The fourth-order valence-electron chi connectivity index (χ4n) is 1.94. The number of nitrogens with zero attached hydrogens (tertiary/aromatic N) is 1. The second-order valence-corrected chi connectivity index (χ2v) is 5.70. The predicted molar refractivity (Wildman–Crippen MR) is 93.8 cm³/mol. The van der Waals surface area contributed by atoms with Crippen molar-refractivity contribution in [2.24, 2.45) is 5.10 Å². The van der Waals surface area contributed by atoms with Crippen LogP contribution >= 0.6 is 23.2 Å². The molecule has 0 spiro atoms. The summed E-state index contributed by atoms with van der Waals surface area (Å²) in [6, 6.07) is 13.5. The summed E-state index contributed by atoms with van der Waals surface area (Å²) in [5, 5.41) is 13.5. The van der Waals surface area contributed by atoms with Crippen molar-refractivity contribution in [3.8, 4) is 0 Å². The Kier molecular flexibility index (Phi) is 6.35. The number of halogens is 2. The summed E-state index contributed by atoms with van der Waals surface area (Å²) in [6.07, 6.45) is 0.109. The van der Waals surface area contributed by atoms with Crippen LogP contribution in [0.25, 0.3) is 0 Å². The zero-order valence-corrected chi connectivity index (χ0v) is 14.0. The lowest BCUT2D eigenvalue weighted by Crippen LogP contribution is -2.20. The molecule has 5 nitrogen and oxygen atoms in total. The molecule has 0 unspecified atom stereocenters. The van der Waals surface area contributed by atoms with Gasteiger partial charge in [0, 0.05) is 12.0 Å². The maximum absolute atomic E-state index is 12.1. The van der Waals surface area contributed by atoms with Gasteiger partial charge in [0.2, 0.25) is 0 Å². The fraction of sp³-hybridized carbons (Fsp3) is 0.118. The van der Waals surface area contributed by atoms with E-state index in [0.717, 1.165) is 5.56 Å². The molecule has 24 heavy (non-hydrogen) atoms. The number of hydrazone groups is 1. The van der Waals surface area contributed by atoms with Gasteiger partial charge in [-0.3, -0.25) is 9.59 Å². The molecule has 0 aromatic heterocycles. The zero-order chi connectivity index (χ0) is 17.5. The molecule has 0 aliphatic heterocycles. The van der Waals surface area contributed by atoms with Crippen LogP contribution in [0.4, 0.5) is 0 Å². The number of amides is 1. The minimum atomic E-state index is -0.936. The SMILES string of the molecule is O=C(O)CCC(=NNC(=O)c1ccc(Cl)c(Cl)c1)c1ccccc1. The second kappa shape index (κ2) is 8.47. The fourth-order valence-corrected chi connectivity index (χ4v) is 2.24. The molecule has 0 saturated carbocycles. The van der Waals surface area contributed by atoms with Crippen LogP contribution < -0.4 is 5.43 Å². The first-order valence-corrected chi connectivity index (χ1v) is 7.82. The Balaban J connectivity index is 2.18. The number of hydrogen-bond acceptors (Lipinski definition) is 3. The van der Waals surface area contributed by atoms with E-state index < -0.39 is 11.9 Å². The highest BCUT2D eigenvalue weighted by molar-refractivity contribution is 6.42. The van der Waals surface area contributed by atoms with Gasteiger partial charge in [0.15, 0.2) is 0 Å². The molecule has 0 fully saturated rings. The molecule has 7 heteroatoms. The quantitative estimate of drug-likeness (QED) is 0.600. The van der Waals surface area contributed by atoms with Gasteiger partial charge in [-0.1, -0.05) is 53.5 Å². The topological polar surface area (TPSA) is 78.8 Å². The lowest BCUT2D eigenvalue weighted by molar-refractivity contribution is -0.136. The Labute approximate surface area is 148 Å². The van der Waals surface area contributed by atoms with E-state index >= 15 is 0 Å². The van der Waals surface area contributed by atoms with Crippen LogP contribution in [0.2, 0.25) is 10.0 Å². The molecule has 0 radical (unpaired) electrons. The van der Waals surface area contributed by atoms with Crippen LogP contribution in [-0.2, 0) is 4.79 Å². The van der Waals surface area contributed by atoms with Gasteiger partial charge >= 0.3 is 5.97 Å². The number of nitrogens with one attached hydrogen (secondary N) is 1. The number of carbonyl (C=O) groups is 2. The number of carboxylic acid groups (broad SMARTS) is 1. The third-order valence-corrected chi connectivity index (χ3v) is 3.90. The van der Waals surface area contributed by atoms with Crippen LogP contribution in [-0.4, -0.2) is 22.7 Å². The molecule has 0 heterocycles. The second-order valence-electron chi connectivity index (χ2n) is 4.89. The molecule has 1 amide bonds. The van der Waals surface area contributed by atoms with Crippen molar-refractivity contribution in [1.82, 2.24) is 5.43 Å². The number of carboxylic acids is 1. The van der Waals surface area contributed by atoms with Crippen LogP contribution in [0.5, 0.6) is 0 Å². The number of benzene rings is 2. The largest absolute Gasteiger partial charge is 0.481 e. The van der Waals surface area contributed by atoms with Crippen molar-refractivity contribution in [2.75, 3.05) is 0 Å². The third kappa shape index (κ3) is 5.08. The van der Waals surface area contributed by atoms with Crippen molar-refractivity contribution < 1.29 is 14.7 Å². The van der Waals surface area contributed by atoms with Gasteiger partial charge in [-0.2, -0.15) is 5.10 Å². The number of aliphatic carboxylic acids is 1. The van der Waals surface area contributed by atoms with Gasteiger partial charge in [0.25, 0.3) is 5.91 Å². The summed E-state index contributed by atoms with van der Waals surface area (Å²) in [6.45, 7) is 0. The molecule has 0 bridgehead atoms. The number of hydrogen-bond donors (Lipinski definition) is 2. The minimum Gasteiger partial charge on any atom is -0.481 e. The molecule has 124 valence electrons. The highest BCUT2D eigenvalue weighted by Gasteiger charge is 2.10. The number of carbonyl (C=O) groups excluding carboxylic acids is 1. The van der Waals surface area contributed by atoms with Crippen molar-refractivity contribution in [2.45, 2.75) is 12.8 Å². The van der Waals surface area contributed by atoms with E-state index in [0.29, 0.717) is 16.3 Å². The molecule has 2 aromatic carbocycles. The predicted octanol–water partition coefficient (Wildman–Crippen LogP) is 3.99. The first-order chi connectivity index (χ1) is 11.5. The summed E-state index contributed by atoms with van der Waals surface area (Å²) in [7, 11) is 0. The molecule has 0 aliphatic carbocycles. The monoisotopic (exact) mass is 364 g/mol. The van der Waals surface area contributed by atoms with Crippen LogP contribution in [0.1, 0.15) is 28.8 Å². The van der Waals surface area contributed by atoms with Gasteiger partial charge in [-0.05, 0) is 23.8 Å². The lowest BCUT2D eigenvalue weighted by atomic mass is 10.1. The summed E-state index contributed by atoms with van der Waals surface area (Å²) >= 11 is 11.7. The molecule has 0 saturated heterocycles. The van der Waals surface area contributed by atoms with E-state index in [-0.39, 0.29) is 17.9 Å². The first-order valence-electron chi connectivity index (χ1n) is 7.06. The van der Waals surface area contributed by atoms with E-state index in [1.807, 2.05) is 18.2 Å². The smallest absolute Gasteiger partial charge is 0.303 e. The van der Waals surface area contributed by atoms with Gasteiger partial charge < -0.3 is 5.11 Å². The summed E-state index contributed by atoms with van der Waals surface area (Å²) in [5.74, 6) is -1.40. The average molecular weight is 365 g/mol. The Bertz CT molecular complexity index is 777.